The van der Waals surface area contributed by atoms with Crippen LogP contribution in [0.2, 0.25) is 0 Å². The molecule has 0 bridgehead atoms. The summed E-state index contributed by atoms with van der Waals surface area (Å²) in [5.74, 6) is -0.942. The number of hydrogen-bond donors (Lipinski definition) is 2. The van der Waals surface area contributed by atoms with Crippen molar-refractivity contribution in [2.75, 3.05) is 26.4 Å². The summed E-state index contributed by atoms with van der Waals surface area (Å²) in [7, 11) is -4.40. The molecule has 0 aliphatic carbocycles. The molecular weight excluding hydrogens is 689 g/mol. The molecule has 0 rings (SSSR count). The number of rotatable bonds is 37. The van der Waals surface area contributed by atoms with Crippen molar-refractivity contribution in [3.8, 4) is 0 Å². The molecule has 0 aromatic carbocycles. The van der Waals surface area contributed by atoms with E-state index in [4.69, 9.17) is 24.3 Å². The van der Waals surface area contributed by atoms with Gasteiger partial charge in [-0.2, -0.15) is 0 Å². The zero-order chi connectivity index (χ0) is 38.9. The number of hydrogen-bond acceptors (Lipinski definition) is 8. The summed E-state index contributed by atoms with van der Waals surface area (Å²) < 4.78 is 32.6. The van der Waals surface area contributed by atoms with E-state index in [0.717, 1.165) is 51.4 Å². The van der Waals surface area contributed by atoms with E-state index in [2.05, 4.69) is 80.7 Å². The van der Waals surface area contributed by atoms with E-state index in [-0.39, 0.29) is 32.6 Å². The first-order valence-corrected chi connectivity index (χ1v) is 21.9. The minimum absolute atomic E-state index is 0.0370. The second kappa shape index (κ2) is 39.2. The van der Waals surface area contributed by atoms with Crippen molar-refractivity contribution in [1.82, 2.24) is 0 Å². The topological polar surface area (TPSA) is 134 Å². The van der Waals surface area contributed by atoms with E-state index in [9.17, 15) is 19.0 Å². The third-order valence-corrected chi connectivity index (χ3v) is 9.05. The molecule has 9 nitrogen and oxygen atoms in total. The molecule has 0 fully saturated rings. The lowest BCUT2D eigenvalue weighted by atomic mass is 10.1. The Balaban J connectivity index is 4.37. The zero-order valence-corrected chi connectivity index (χ0v) is 34.1. The second-order valence-corrected chi connectivity index (χ2v) is 14.6. The molecule has 2 atom stereocenters. The van der Waals surface area contributed by atoms with Crippen LogP contribution >= 0.6 is 7.82 Å². The van der Waals surface area contributed by atoms with E-state index in [0.29, 0.717) is 19.3 Å². The highest BCUT2D eigenvalue weighted by Crippen LogP contribution is 2.43. The Morgan fingerprint density at radius 2 is 1.00 bits per heavy atom. The minimum atomic E-state index is -4.40. The first-order chi connectivity index (χ1) is 25.8. The van der Waals surface area contributed by atoms with Gasteiger partial charge in [-0.15, -0.1) is 0 Å². The maximum atomic E-state index is 12.5. The van der Waals surface area contributed by atoms with E-state index in [1.54, 1.807) is 0 Å². The van der Waals surface area contributed by atoms with Gasteiger partial charge in [-0.25, -0.2) is 4.57 Å². The van der Waals surface area contributed by atoms with Crippen molar-refractivity contribution in [1.29, 1.82) is 0 Å². The van der Waals surface area contributed by atoms with E-state index in [1.165, 1.54) is 57.8 Å². The lowest BCUT2D eigenvalue weighted by Crippen LogP contribution is -2.29. The number of phosphoric acid groups is 1. The number of unbranched alkanes of at least 4 members (excludes halogenated alkanes) is 12. The normalized spacial score (nSPS) is 14.1. The van der Waals surface area contributed by atoms with Crippen molar-refractivity contribution in [3.63, 3.8) is 0 Å². The maximum absolute atomic E-state index is 12.5. The van der Waals surface area contributed by atoms with Crippen LogP contribution in [0.3, 0.4) is 0 Å². The average molecular weight is 764 g/mol. The standard InChI is InChI=1S/C43H74NO8P/c1-3-5-7-9-11-13-15-17-19-20-22-24-26-28-30-32-34-36-43(46)52-41(40-51-53(47,48)50-38-37-44)39-49-42(45)35-33-31-29-27-25-23-21-18-16-14-12-10-8-6-4-2/h12,14,17-19,21-22,24-25,27-28,30,41H,3-11,13,15-16,20,23,26,29,31-40,44H2,1-2H3,(H,47,48)/b14-12-,19-17-,21-18-,24-22-,27-25-,30-28-/t41-/m1/s1. The zero-order valence-electron chi connectivity index (χ0n) is 33.2. The minimum Gasteiger partial charge on any atom is -0.462 e. The Bertz CT molecular complexity index is 1100. The van der Waals surface area contributed by atoms with Crippen LogP contribution < -0.4 is 5.73 Å². The first-order valence-electron chi connectivity index (χ1n) is 20.4. The predicted molar refractivity (Wildman–Crippen MR) is 219 cm³/mol. The number of ether oxygens (including phenoxy) is 2. The third kappa shape index (κ3) is 39.0. The second-order valence-electron chi connectivity index (χ2n) is 13.1. The summed E-state index contributed by atoms with van der Waals surface area (Å²) in [4.78, 5) is 34.7. The highest BCUT2D eigenvalue weighted by Gasteiger charge is 2.25. The number of carbonyl (C=O) groups is 2. The van der Waals surface area contributed by atoms with Gasteiger partial charge in [-0.1, -0.05) is 132 Å². The van der Waals surface area contributed by atoms with Crippen LogP contribution in [0, 0.1) is 0 Å². The van der Waals surface area contributed by atoms with Crippen LogP contribution in [0.4, 0.5) is 0 Å². The molecule has 0 amide bonds. The third-order valence-electron chi connectivity index (χ3n) is 8.06. The molecule has 3 N–H and O–H groups in total. The highest BCUT2D eigenvalue weighted by molar-refractivity contribution is 7.47. The molecule has 0 spiro atoms. The van der Waals surface area contributed by atoms with E-state index >= 15 is 0 Å². The fourth-order valence-corrected chi connectivity index (χ4v) is 5.77. The molecular formula is C43H74NO8P. The van der Waals surface area contributed by atoms with Gasteiger partial charge in [0, 0.05) is 19.4 Å². The van der Waals surface area contributed by atoms with Crippen LogP contribution in [-0.2, 0) is 32.7 Å². The Labute approximate surface area is 322 Å². The maximum Gasteiger partial charge on any atom is 0.472 e. The Hall–Kier alpha value is -2.55. The number of phosphoric ester groups is 1. The van der Waals surface area contributed by atoms with Crippen molar-refractivity contribution in [3.05, 3.63) is 72.9 Å². The number of carbonyl (C=O) groups excluding carboxylic acids is 2. The van der Waals surface area contributed by atoms with Crippen LogP contribution in [0.5, 0.6) is 0 Å². The van der Waals surface area contributed by atoms with Crippen molar-refractivity contribution < 1.29 is 37.6 Å². The molecule has 0 aromatic heterocycles. The summed E-state index contributed by atoms with van der Waals surface area (Å²) in [6, 6.07) is 0. The van der Waals surface area contributed by atoms with Gasteiger partial charge in [0.1, 0.15) is 6.61 Å². The molecule has 10 heteroatoms. The van der Waals surface area contributed by atoms with Gasteiger partial charge in [-0.3, -0.25) is 18.6 Å². The molecule has 53 heavy (non-hydrogen) atoms. The summed E-state index contributed by atoms with van der Waals surface area (Å²) in [5.41, 5.74) is 5.33. The average Bonchev–Trinajstić information content (AvgIpc) is 3.14. The van der Waals surface area contributed by atoms with Gasteiger partial charge in [0.2, 0.25) is 0 Å². The highest BCUT2D eigenvalue weighted by atomic mass is 31.2. The summed E-state index contributed by atoms with van der Waals surface area (Å²) in [5, 5.41) is 0. The smallest absolute Gasteiger partial charge is 0.462 e. The van der Waals surface area contributed by atoms with Gasteiger partial charge < -0.3 is 20.1 Å². The van der Waals surface area contributed by atoms with Gasteiger partial charge in [0.15, 0.2) is 6.10 Å². The molecule has 0 aliphatic rings. The summed E-state index contributed by atoms with van der Waals surface area (Å²) >= 11 is 0. The van der Waals surface area contributed by atoms with Crippen molar-refractivity contribution in [2.24, 2.45) is 5.73 Å². The van der Waals surface area contributed by atoms with E-state index < -0.39 is 32.5 Å². The molecule has 0 saturated carbocycles. The number of allylic oxidation sites excluding steroid dienone is 12. The van der Waals surface area contributed by atoms with E-state index in [1.807, 2.05) is 6.08 Å². The fourth-order valence-electron chi connectivity index (χ4n) is 5.01. The lowest BCUT2D eigenvalue weighted by molar-refractivity contribution is -0.161. The van der Waals surface area contributed by atoms with Gasteiger partial charge in [0.05, 0.1) is 13.2 Å². The van der Waals surface area contributed by atoms with Crippen LogP contribution in [-0.4, -0.2) is 49.3 Å². The SMILES string of the molecule is CCCCC/C=C\C/C=C\C/C=C\CCCCC(=O)OC[C@H](COP(=O)(O)OCCN)OC(=O)CCC/C=C\C/C=C\C/C=C\CCCCCCCC. The number of esters is 2. The van der Waals surface area contributed by atoms with Gasteiger partial charge in [-0.05, 0) is 83.5 Å². The Morgan fingerprint density at radius 3 is 1.55 bits per heavy atom. The lowest BCUT2D eigenvalue weighted by Gasteiger charge is -2.19. The predicted octanol–water partition coefficient (Wildman–Crippen LogP) is 11.5. The largest absolute Gasteiger partial charge is 0.472 e. The van der Waals surface area contributed by atoms with Crippen molar-refractivity contribution in [2.45, 2.75) is 161 Å². The molecule has 0 saturated heterocycles. The fraction of sp³-hybridized carbons (Fsp3) is 0.674. The molecule has 1 unspecified atom stereocenters. The Kier molecular flexibility index (Phi) is 37.3. The molecule has 0 aliphatic heterocycles. The molecule has 0 heterocycles. The summed E-state index contributed by atoms with van der Waals surface area (Å²) in [6.45, 7) is 3.57. The van der Waals surface area contributed by atoms with Crippen LogP contribution in [0.1, 0.15) is 155 Å². The Morgan fingerprint density at radius 1 is 0.566 bits per heavy atom. The molecule has 304 valence electrons. The monoisotopic (exact) mass is 764 g/mol. The van der Waals surface area contributed by atoms with Gasteiger partial charge in [0.25, 0.3) is 0 Å². The quantitative estimate of drug-likeness (QED) is 0.0274. The first kappa shape index (κ1) is 50.5. The van der Waals surface area contributed by atoms with Crippen LogP contribution in [0.15, 0.2) is 72.9 Å². The number of nitrogens with two attached hydrogens (primary N) is 1. The summed E-state index contributed by atoms with van der Waals surface area (Å²) in [6.07, 6.45) is 46.6. The van der Waals surface area contributed by atoms with Gasteiger partial charge >= 0.3 is 19.8 Å². The van der Waals surface area contributed by atoms with Crippen molar-refractivity contribution >= 4 is 19.8 Å². The molecule has 0 radical (unpaired) electrons. The van der Waals surface area contributed by atoms with Crippen LogP contribution in [0.25, 0.3) is 0 Å². The molecule has 0 aromatic rings.